The van der Waals surface area contributed by atoms with E-state index in [0.29, 0.717) is 5.75 Å². The van der Waals surface area contributed by atoms with E-state index in [9.17, 15) is 4.79 Å². The van der Waals surface area contributed by atoms with Crippen molar-refractivity contribution >= 4 is 56.3 Å². The molecule has 0 N–H and O–H groups in total. The summed E-state index contributed by atoms with van der Waals surface area (Å²) >= 11 is 8.70. The van der Waals surface area contributed by atoms with Crippen molar-refractivity contribution in [2.75, 3.05) is 12.3 Å². The average Bonchev–Trinajstić information content (AvgIpc) is 3.08. The lowest BCUT2D eigenvalue weighted by Crippen LogP contribution is -2.29. The molecule has 0 saturated carbocycles. The van der Waals surface area contributed by atoms with Crippen molar-refractivity contribution in [3.63, 3.8) is 0 Å². The van der Waals surface area contributed by atoms with E-state index in [1.54, 1.807) is 34.4 Å². The molecular weight excluding hydrogens is 362 g/mol. The predicted octanol–water partition coefficient (Wildman–Crippen LogP) is 4.39. The fourth-order valence-corrected chi connectivity index (χ4v) is 5.66. The van der Waals surface area contributed by atoms with Crippen LogP contribution in [0.25, 0.3) is 0 Å². The van der Waals surface area contributed by atoms with Crippen molar-refractivity contribution < 1.29 is 4.79 Å². The molecule has 2 aromatic rings. The minimum Gasteiger partial charge on any atom is -0.325 e. The lowest BCUT2D eigenvalue weighted by molar-refractivity contribution is -0.127. The van der Waals surface area contributed by atoms with Crippen LogP contribution in [0.3, 0.4) is 0 Å². The first-order valence-corrected chi connectivity index (χ1v) is 9.46. The van der Waals surface area contributed by atoms with Crippen molar-refractivity contribution in [2.24, 2.45) is 0 Å². The monoisotopic (exact) mass is 373 g/mol. The Morgan fingerprint density at radius 3 is 2.95 bits per heavy atom. The van der Waals surface area contributed by atoms with Gasteiger partial charge in [0.25, 0.3) is 0 Å². The highest BCUT2D eigenvalue weighted by molar-refractivity contribution is 9.11. The van der Waals surface area contributed by atoms with Crippen molar-refractivity contribution in [1.29, 1.82) is 0 Å². The van der Waals surface area contributed by atoms with Crippen LogP contribution in [0, 0.1) is 0 Å². The highest BCUT2D eigenvalue weighted by atomic mass is 79.9. The molecule has 19 heavy (non-hydrogen) atoms. The van der Waals surface area contributed by atoms with Crippen LogP contribution in [0.1, 0.15) is 15.1 Å². The van der Waals surface area contributed by atoms with Crippen LogP contribution >= 0.6 is 50.4 Å². The second kappa shape index (κ2) is 5.99. The molecule has 2 nitrogen and oxygen atoms in total. The van der Waals surface area contributed by atoms with Crippen LogP contribution in [-0.2, 0) is 11.2 Å². The Hall–Kier alpha value is -0.300. The zero-order valence-corrected chi connectivity index (χ0v) is 14.1. The molecule has 1 aliphatic heterocycles. The van der Waals surface area contributed by atoms with Gasteiger partial charge in [0.2, 0.25) is 5.91 Å². The molecular formula is C13H12BrNOS3. The molecule has 6 heteroatoms. The molecule has 3 heterocycles. The predicted molar refractivity (Wildman–Crippen MR) is 87.0 cm³/mol. The lowest BCUT2D eigenvalue weighted by Gasteiger charge is -2.22. The number of halogens is 1. The van der Waals surface area contributed by atoms with Gasteiger partial charge in [0.1, 0.15) is 5.37 Å². The van der Waals surface area contributed by atoms with Gasteiger partial charge in [-0.3, -0.25) is 4.79 Å². The summed E-state index contributed by atoms with van der Waals surface area (Å²) in [5.74, 6) is 0.862. The maximum absolute atomic E-state index is 12.0. The quantitative estimate of drug-likeness (QED) is 0.791. The fourth-order valence-electron chi connectivity index (χ4n) is 2.08. The summed E-state index contributed by atoms with van der Waals surface area (Å²) in [6.07, 6.45) is 0.951. The zero-order chi connectivity index (χ0) is 13.2. The van der Waals surface area contributed by atoms with Crippen LogP contribution in [0.5, 0.6) is 0 Å². The Balaban J connectivity index is 1.71. The summed E-state index contributed by atoms with van der Waals surface area (Å²) in [6, 6.07) is 8.37. The summed E-state index contributed by atoms with van der Waals surface area (Å²) in [7, 11) is 0. The topological polar surface area (TPSA) is 20.3 Å². The van der Waals surface area contributed by atoms with E-state index in [4.69, 9.17) is 0 Å². The molecule has 1 unspecified atom stereocenters. The van der Waals surface area contributed by atoms with E-state index in [-0.39, 0.29) is 11.3 Å². The molecule has 1 atom stereocenters. The van der Waals surface area contributed by atoms with Crippen molar-refractivity contribution in [3.05, 3.63) is 43.2 Å². The number of hydrogen-bond acceptors (Lipinski definition) is 4. The summed E-state index contributed by atoms with van der Waals surface area (Å²) < 4.78 is 1.13. The molecule has 1 aliphatic rings. The SMILES string of the molecule is O=C1CSC(c2ccc(Br)s2)N1CCc1cccs1. The van der Waals surface area contributed by atoms with Crippen LogP contribution < -0.4 is 0 Å². The molecule has 1 amide bonds. The van der Waals surface area contributed by atoms with Gasteiger partial charge in [-0.05, 0) is 45.9 Å². The maximum atomic E-state index is 12.0. The highest BCUT2D eigenvalue weighted by Crippen LogP contribution is 2.42. The molecule has 1 fully saturated rings. The standard InChI is InChI=1S/C13H12BrNOS3/c14-11-4-3-10(19-11)13-15(12(16)8-18-13)6-5-9-2-1-7-17-9/h1-4,7,13H,5-6,8H2. The smallest absolute Gasteiger partial charge is 0.233 e. The molecule has 0 bridgehead atoms. The van der Waals surface area contributed by atoms with Gasteiger partial charge in [-0.2, -0.15) is 0 Å². The van der Waals surface area contributed by atoms with Gasteiger partial charge < -0.3 is 4.90 Å². The summed E-state index contributed by atoms with van der Waals surface area (Å²) in [5.41, 5.74) is 0. The summed E-state index contributed by atoms with van der Waals surface area (Å²) in [6.45, 7) is 0.812. The largest absolute Gasteiger partial charge is 0.325 e. The van der Waals surface area contributed by atoms with E-state index in [2.05, 4.69) is 45.6 Å². The Morgan fingerprint density at radius 1 is 1.37 bits per heavy atom. The molecule has 0 aliphatic carbocycles. The van der Waals surface area contributed by atoms with Gasteiger partial charge in [0.15, 0.2) is 0 Å². The first-order chi connectivity index (χ1) is 9.24. The van der Waals surface area contributed by atoms with E-state index in [1.807, 2.05) is 4.90 Å². The van der Waals surface area contributed by atoms with Gasteiger partial charge in [0, 0.05) is 16.3 Å². The lowest BCUT2D eigenvalue weighted by atomic mass is 10.3. The van der Waals surface area contributed by atoms with Gasteiger partial charge in [-0.15, -0.1) is 34.4 Å². The van der Waals surface area contributed by atoms with E-state index in [0.717, 1.165) is 16.8 Å². The van der Waals surface area contributed by atoms with Crippen molar-refractivity contribution in [3.8, 4) is 0 Å². The zero-order valence-electron chi connectivity index (χ0n) is 10.0. The number of thiophene rings is 2. The second-order valence-corrected chi connectivity index (χ2v) is 8.82. The van der Waals surface area contributed by atoms with Gasteiger partial charge >= 0.3 is 0 Å². The van der Waals surface area contributed by atoms with Crippen LogP contribution in [0.4, 0.5) is 0 Å². The molecule has 0 radical (unpaired) electrons. The normalized spacial score (nSPS) is 19.3. The molecule has 3 rings (SSSR count). The molecule has 0 spiro atoms. The van der Waals surface area contributed by atoms with Crippen molar-refractivity contribution in [1.82, 2.24) is 4.90 Å². The van der Waals surface area contributed by atoms with Gasteiger partial charge in [-0.1, -0.05) is 6.07 Å². The third-order valence-electron chi connectivity index (χ3n) is 2.98. The maximum Gasteiger partial charge on any atom is 0.233 e. The van der Waals surface area contributed by atoms with Crippen molar-refractivity contribution in [2.45, 2.75) is 11.8 Å². The minimum absolute atomic E-state index is 0.198. The van der Waals surface area contributed by atoms with E-state index < -0.39 is 0 Å². The molecule has 2 aromatic heterocycles. The number of carbonyl (C=O) groups is 1. The number of thioether (sulfide) groups is 1. The highest BCUT2D eigenvalue weighted by Gasteiger charge is 2.33. The van der Waals surface area contributed by atoms with Crippen LogP contribution in [-0.4, -0.2) is 23.1 Å². The average molecular weight is 374 g/mol. The Morgan fingerprint density at radius 2 is 2.26 bits per heavy atom. The van der Waals surface area contributed by atoms with Gasteiger partial charge in [0.05, 0.1) is 9.54 Å². The summed E-state index contributed by atoms with van der Waals surface area (Å²) in [5, 5.41) is 2.28. The van der Waals surface area contributed by atoms with E-state index in [1.165, 1.54) is 9.75 Å². The number of carbonyl (C=O) groups excluding carboxylic acids is 1. The number of hydrogen-bond donors (Lipinski definition) is 0. The number of nitrogens with zero attached hydrogens (tertiary/aromatic N) is 1. The molecule has 0 aromatic carbocycles. The first-order valence-electron chi connectivity index (χ1n) is 5.93. The third kappa shape index (κ3) is 3.07. The number of rotatable bonds is 4. The van der Waals surface area contributed by atoms with E-state index >= 15 is 0 Å². The Bertz CT molecular complexity index is 566. The molecule has 100 valence electrons. The number of amides is 1. The van der Waals surface area contributed by atoms with Gasteiger partial charge in [-0.25, -0.2) is 0 Å². The van der Waals surface area contributed by atoms with Crippen LogP contribution in [0.15, 0.2) is 33.4 Å². The Kier molecular flexibility index (Phi) is 4.31. The first kappa shape index (κ1) is 13.7. The fraction of sp³-hybridized carbons (Fsp3) is 0.308. The second-order valence-electron chi connectivity index (χ2n) is 4.22. The molecule has 1 saturated heterocycles. The van der Waals surface area contributed by atoms with Crippen LogP contribution in [0.2, 0.25) is 0 Å². The third-order valence-corrected chi connectivity index (χ3v) is 6.98. The summed E-state index contributed by atoms with van der Waals surface area (Å²) in [4.78, 5) is 16.6. The Labute approximate surface area is 133 Å². The minimum atomic E-state index is 0.198.